The summed E-state index contributed by atoms with van der Waals surface area (Å²) in [5.74, 6) is 0.276. The predicted octanol–water partition coefficient (Wildman–Crippen LogP) is 7.99. The SMILES string of the molecule is C=C.CCCC1(CC)CCN(c2ncc(-c3cccc(Cl)c3Cl)nc2C(F)F)CC1. The van der Waals surface area contributed by atoms with Gasteiger partial charge in [0.15, 0.2) is 5.82 Å². The van der Waals surface area contributed by atoms with Crippen LogP contribution in [0.25, 0.3) is 11.3 Å². The van der Waals surface area contributed by atoms with E-state index in [-0.39, 0.29) is 16.5 Å². The van der Waals surface area contributed by atoms with Crippen molar-refractivity contribution in [3.05, 3.63) is 53.3 Å². The number of halogens is 4. The second-order valence-electron chi connectivity index (χ2n) is 7.46. The first-order valence-electron chi connectivity index (χ1n) is 10.2. The minimum Gasteiger partial charge on any atom is -0.355 e. The molecular formula is C23H29Cl2F2N3. The fourth-order valence-corrected chi connectivity index (χ4v) is 4.52. The average Bonchev–Trinajstić information content (AvgIpc) is 2.77. The van der Waals surface area contributed by atoms with Crippen LogP contribution in [0.15, 0.2) is 37.6 Å². The van der Waals surface area contributed by atoms with Crippen LogP contribution in [0.4, 0.5) is 14.6 Å². The molecule has 1 aliphatic heterocycles. The molecule has 2 heterocycles. The van der Waals surface area contributed by atoms with E-state index in [9.17, 15) is 8.78 Å². The van der Waals surface area contributed by atoms with Gasteiger partial charge < -0.3 is 4.90 Å². The van der Waals surface area contributed by atoms with E-state index in [1.165, 1.54) is 12.6 Å². The largest absolute Gasteiger partial charge is 0.355 e. The first-order valence-corrected chi connectivity index (χ1v) is 11.0. The maximum Gasteiger partial charge on any atom is 0.284 e. The molecule has 0 radical (unpaired) electrons. The van der Waals surface area contributed by atoms with E-state index in [4.69, 9.17) is 23.2 Å². The number of benzene rings is 1. The number of hydrogen-bond acceptors (Lipinski definition) is 3. The molecule has 1 saturated heterocycles. The smallest absolute Gasteiger partial charge is 0.284 e. The van der Waals surface area contributed by atoms with Gasteiger partial charge in [-0.1, -0.05) is 62.0 Å². The minimum absolute atomic E-state index is 0.276. The molecule has 0 unspecified atom stereocenters. The molecule has 1 aromatic carbocycles. The summed E-state index contributed by atoms with van der Waals surface area (Å²) in [6.45, 7) is 11.9. The molecule has 0 N–H and O–H groups in total. The van der Waals surface area contributed by atoms with Crippen molar-refractivity contribution in [2.45, 2.75) is 52.4 Å². The normalized spacial score (nSPS) is 15.6. The molecule has 164 valence electrons. The molecule has 1 fully saturated rings. The zero-order chi connectivity index (χ0) is 22.3. The first-order chi connectivity index (χ1) is 14.4. The van der Waals surface area contributed by atoms with E-state index >= 15 is 0 Å². The number of anilines is 1. The highest BCUT2D eigenvalue weighted by atomic mass is 35.5. The van der Waals surface area contributed by atoms with Crippen molar-refractivity contribution in [1.82, 2.24) is 9.97 Å². The molecule has 0 amide bonds. The fraction of sp³-hybridized carbons (Fsp3) is 0.478. The Bertz CT molecular complexity index is 837. The van der Waals surface area contributed by atoms with Gasteiger partial charge in [-0.15, -0.1) is 13.2 Å². The Hall–Kier alpha value is -1.72. The van der Waals surface area contributed by atoms with Crippen molar-refractivity contribution in [2.24, 2.45) is 5.41 Å². The summed E-state index contributed by atoms with van der Waals surface area (Å²) >= 11 is 12.3. The van der Waals surface area contributed by atoms with E-state index < -0.39 is 6.43 Å². The van der Waals surface area contributed by atoms with Gasteiger partial charge in [0.1, 0.15) is 5.69 Å². The molecule has 0 bridgehead atoms. The minimum atomic E-state index is -2.71. The second kappa shape index (κ2) is 11.1. The first kappa shape index (κ1) is 24.5. The number of aromatic nitrogens is 2. The van der Waals surface area contributed by atoms with Crippen LogP contribution >= 0.6 is 23.2 Å². The number of hydrogen-bond donors (Lipinski definition) is 0. The number of piperidine rings is 1. The molecule has 0 saturated carbocycles. The summed E-state index contributed by atoms with van der Waals surface area (Å²) in [4.78, 5) is 10.5. The molecule has 1 aliphatic rings. The summed E-state index contributed by atoms with van der Waals surface area (Å²) < 4.78 is 27.6. The summed E-state index contributed by atoms with van der Waals surface area (Å²) in [6, 6.07) is 5.06. The van der Waals surface area contributed by atoms with Gasteiger partial charge in [0.25, 0.3) is 6.43 Å². The summed E-state index contributed by atoms with van der Waals surface area (Å²) in [5.41, 5.74) is 0.824. The van der Waals surface area contributed by atoms with Crippen LogP contribution in [0.3, 0.4) is 0 Å². The van der Waals surface area contributed by atoms with Crippen molar-refractivity contribution in [3.63, 3.8) is 0 Å². The van der Waals surface area contributed by atoms with Gasteiger partial charge in [-0.3, -0.25) is 0 Å². The van der Waals surface area contributed by atoms with Gasteiger partial charge in [0.05, 0.1) is 21.9 Å². The van der Waals surface area contributed by atoms with E-state index in [0.717, 1.165) is 38.8 Å². The van der Waals surface area contributed by atoms with Gasteiger partial charge in [-0.25, -0.2) is 18.7 Å². The predicted molar refractivity (Wildman–Crippen MR) is 123 cm³/mol. The standard InChI is InChI=1S/C21H25Cl2F2N3.C2H4/c1-3-8-21(4-2)9-11-28(12-10-21)20-18(19(24)25)27-16(13-26-20)14-6-5-7-15(22)17(14)23;1-2/h5-7,13,19H,3-4,8-12H2,1-2H3;1-2H2. The van der Waals surface area contributed by atoms with Crippen molar-refractivity contribution in [2.75, 3.05) is 18.0 Å². The van der Waals surface area contributed by atoms with Gasteiger partial charge >= 0.3 is 0 Å². The molecule has 30 heavy (non-hydrogen) atoms. The number of nitrogens with zero attached hydrogens (tertiary/aromatic N) is 3. The molecule has 2 aromatic rings. The molecule has 7 heteroatoms. The Morgan fingerprint density at radius 1 is 1.17 bits per heavy atom. The molecule has 0 spiro atoms. The Balaban J connectivity index is 0.00000155. The van der Waals surface area contributed by atoms with Crippen molar-refractivity contribution < 1.29 is 8.78 Å². The van der Waals surface area contributed by atoms with Crippen LogP contribution in [0.5, 0.6) is 0 Å². The quantitative estimate of drug-likeness (QED) is 0.413. The lowest BCUT2D eigenvalue weighted by Crippen LogP contribution is -2.40. The maximum atomic E-state index is 13.8. The third-order valence-corrected chi connectivity index (χ3v) is 6.69. The van der Waals surface area contributed by atoms with E-state index in [1.807, 2.05) is 4.90 Å². The lowest BCUT2D eigenvalue weighted by molar-refractivity contribution is 0.145. The average molecular weight is 456 g/mol. The molecule has 1 aromatic heterocycles. The van der Waals surface area contributed by atoms with Gasteiger partial charge in [-0.2, -0.15) is 0 Å². The third kappa shape index (κ3) is 5.30. The van der Waals surface area contributed by atoms with Crippen molar-refractivity contribution in [1.29, 1.82) is 0 Å². The topological polar surface area (TPSA) is 29.0 Å². The van der Waals surface area contributed by atoms with Gasteiger partial charge in [-0.05, 0) is 30.7 Å². The Morgan fingerprint density at radius 2 is 1.83 bits per heavy atom. The highest BCUT2D eigenvalue weighted by Crippen LogP contribution is 2.41. The lowest BCUT2D eigenvalue weighted by atomic mass is 9.73. The van der Waals surface area contributed by atoms with Crippen molar-refractivity contribution in [3.8, 4) is 11.3 Å². The molecular weight excluding hydrogens is 427 g/mol. The Morgan fingerprint density at radius 3 is 2.40 bits per heavy atom. The van der Waals surface area contributed by atoms with Crippen molar-refractivity contribution >= 4 is 29.0 Å². The lowest BCUT2D eigenvalue weighted by Gasteiger charge is -2.42. The van der Waals surface area contributed by atoms with E-state index in [0.29, 0.717) is 21.7 Å². The number of alkyl halides is 2. The Labute approximate surface area is 188 Å². The second-order valence-corrected chi connectivity index (χ2v) is 8.24. The Kier molecular flexibility index (Phi) is 9.05. The molecule has 3 nitrogen and oxygen atoms in total. The van der Waals surface area contributed by atoms with Crippen LogP contribution in [0.1, 0.15) is 58.1 Å². The maximum absolute atomic E-state index is 13.8. The van der Waals surface area contributed by atoms with Crippen LogP contribution in [-0.4, -0.2) is 23.1 Å². The molecule has 0 aliphatic carbocycles. The molecule has 3 rings (SSSR count). The van der Waals surface area contributed by atoms with Crippen LogP contribution in [-0.2, 0) is 0 Å². The van der Waals surface area contributed by atoms with Crippen LogP contribution < -0.4 is 4.90 Å². The number of rotatable bonds is 6. The zero-order valence-electron chi connectivity index (χ0n) is 17.6. The summed E-state index contributed by atoms with van der Waals surface area (Å²) in [5, 5.41) is 0.642. The van der Waals surface area contributed by atoms with Crippen LogP contribution in [0.2, 0.25) is 10.0 Å². The van der Waals surface area contributed by atoms with Crippen LogP contribution in [0, 0.1) is 5.41 Å². The summed E-state index contributed by atoms with van der Waals surface area (Å²) in [6.07, 6.45) is 4.21. The zero-order valence-corrected chi connectivity index (χ0v) is 19.1. The van der Waals surface area contributed by atoms with Gasteiger partial charge in [0, 0.05) is 18.7 Å². The fourth-order valence-electron chi connectivity index (χ4n) is 4.12. The third-order valence-electron chi connectivity index (χ3n) is 5.87. The van der Waals surface area contributed by atoms with Gasteiger partial charge in [0.2, 0.25) is 0 Å². The summed E-state index contributed by atoms with van der Waals surface area (Å²) in [7, 11) is 0. The highest BCUT2D eigenvalue weighted by molar-refractivity contribution is 6.43. The van der Waals surface area contributed by atoms with E-state index in [2.05, 4.69) is 37.0 Å². The molecule has 0 atom stereocenters. The van der Waals surface area contributed by atoms with E-state index in [1.54, 1.807) is 18.2 Å². The highest BCUT2D eigenvalue weighted by Gasteiger charge is 2.34. The monoisotopic (exact) mass is 455 g/mol.